The maximum Gasteiger partial charge on any atom is 0.256 e. The Bertz CT molecular complexity index is 876. The third-order valence-electron chi connectivity index (χ3n) is 4.26. The van der Waals surface area contributed by atoms with Crippen molar-refractivity contribution in [1.82, 2.24) is 19.7 Å². The SMILES string of the molecule is CC(C)n1ncc2cc(/C=C/C(=O)N3CCOC(C)(C)C3)c(=O)[nH]c21. The average molecular weight is 344 g/mol. The zero-order valence-corrected chi connectivity index (χ0v) is 15.1. The van der Waals surface area contributed by atoms with E-state index >= 15 is 0 Å². The van der Waals surface area contributed by atoms with Gasteiger partial charge in [-0.3, -0.25) is 9.59 Å². The van der Waals surface area contributed by atoms with Crippen molar-refractivity contribution in [3.63, 3.8) is 0 Å². The summed E-state index contributed by atoms with van der Waals surface area (Å²) in [6.45, 7) is 9.54. The van der Waals surface area contributed by atoms with Gasteiger partial charge < -0.3 is 14.6 Å². The third-order valence-corrected chi connectivity index (χ3v) is 4.26. The molecule has 0 aromatic carbocycles. The highest BCUT2D eigenvalue weighted by molar-refractivity contribution is 5.92. The van der Waals surface area contributed by atoms with Crippen molar-refractivity contribution in [1.29, 1.82) is 0 Å². The quantitative estimate of drug-likeness (QED) is 0.863. The van der Waals surface area contributed by atoms with E-state index in [9.17, 15) is 9.59 Å². The van der Waals surface area contributed by atoms with Crippen molar-refractivity contribution in [3.8, 4) is 0 Å². The van der Waals surface area contributed by atoms with Gasteiger partial charge in [0.05, 0.1) is 18.4 Å². The molecule has 7 heteroatoms. The highest BCUT2D eigenvalue weighted by Crippen LogP contribution is 2.18. The summed E-state index contributed by atoms with van der Waals surface area (Å²) >= 11 is 0. The molecule has 1 aliphatic heterocycles. The molecule has 0 unspecified atom stereocenters. The first kappa shape index (κ1) is 17.4. The lowest BCUT2D eigenvalue weighted by Gasteiger charge is -2.37. The molecule has 0 atom stereocenters. The number of nitrogens with one attached hydrogen (secondary N) is 1. The smallest absolute Gasteiger partial charge is 0.256 e. The van der Waals surface area contributed by atoms with Gasteiger partial charge in [0.2, 0.25) is 5.91 Å². The first-order valence-corrected chi connectivity index (χ1v) is 8.48. The fourth-order valence-corrected chi connectivity index (χ4v) is 3.01. The Morgan fingerprint density at radius 3 is 2.88 bits per heavy atom. The van der Waals surface area contributed by atoms with Crippen LogP contribution >= 0.6 is 0 Å². The van der Waals surface area contributed by atoms with Gasteiger partial charge in [-0.2, -0.15) is 5.10 Å². The van der Waals surface area contributed by atoms with E-state index in [1.165, 1.54) is 6.08 Å². The van der Waals surface area contributed by atoms with E-state index in [-0.39, 0.29) is 23.1 Å². The topological polar surface area (TPSA) is 80.2 Å². The number of hydrogen-bond acceptors (Lipinski definition) is 4. The van der Waals surface area contributed by atoms with Crippen molar-refractivity contribution in [2.75, 3.05) is 19.7 Å². The van der Waals surface area contributed by atoms with Gasteiger partial charge in [-0.1, -0.05) is 0 Å². The molecule has 3 heterocycles. The van der Waals surface area contributed by atoms with Crippen LogP contribution in [0.4, 0.5) is 0 Å². The summed E-state index contributed by atoms with van der Waals surface area (Å²) in [5.74, 6) is -0.117. The second-order valence-corrected chi connectivity index (χ2v) is 7.24. The van der Waals surface area contributed by atoms with Gasteiger partial charge in [-0.05, 0) is 39.8 Å². The van der Waals surface area contributed by atoms with Gasteiger partial charge >= 0.3 is 0 Å². The van der Waals surface area contributed by atoms with Crippen LogP contribution in [-0.2, 0) is 9.53 Å². The number of aromatic nitrogens is 3. The molecular weight excluding hydrogens is 320 g/mol. The predicted molar refractivity (Wildman–Crippen MR) is 96.4 cm³/mol. The lowest BCUT2D eigenvalue weighted by Crippen LogP contribution is -2.50. The van der Waals surface area contributed by atoms with Crippen molar-refractivity contribution in [3.05, 3.63) is 34.3 Å². The van der Waals surface area contributed by atoms with Crippen LogP contribution in [0.3, 0.4) is 0 Å². The summed E-state index contributed by atoms with van der Waals surface area (Å²) in [7, 11) is 0. The number of amides is 1. The molecule has 1 N–H and O–H groups in total. The molecule has 0 saturated carbocycles. The van der Waals surface area contributed by atoms with E-state index in [0.717, 1.165) is 5.39 Å². The fourth-order valence-electron chi connectivity index (χ4n) is 3.01. The number of morpholine rings is 1. The van der Waals surface area contributed by atoms with E-state index in [4.69, 9.17) is 4.74 Å². The van der Waals surface area contributed by atoms with Gasteiger partial charge in [-0.25, -0.2) is 4.68 Å². The maximum absolute atomic E-state index is 12.4. The Morgan fingerprint density at radius 2 is 2.20 bits per heavy atom. The molecule has 2 aromatic rings. The molecule has 134 valence electrons. The van der Waals surface area contributed by atoms with Gasteiger partial charge in [0, 0.05) is 36.2 Å². The number of carbonyl (C=O) groups excluding carboxylic acids is 1. The van der Waals surface area contributed by atoms with Crippen LogP contribution in [0.15, 0.2) is 23.1 Å². The number of aromatic amines is 1. The van der Waals surface area contributed by atoms with Crippen LogP contribution < -0.4 is 5.56 Å². The van der Waals surface area contributed by atoms with Crippen molar-refractivity contribution in [2.45, 2.75) is 39.3 Å². The minimum absolute atomic E-state index is 0.117. The summed E-state index contributed by atoms with van der Waals surface area (Å²) in [6.07, 6.45) is 4.73. The average Bonchev–Trinajstić information content (AvgIpc) is 2.94. The number of carbonyl (C=O) groups is 1. The summed E-state index contributed by atoms with van der Waals surface area (Å²) in [5.41, 5.74) is 0.556. The van der Waals surface area contributed by atoms with E-state index in [2.05, 4.69) is 10.1 Å². The number of H-pyrrole nitrogens is 1. The second kappa shape index (κ2) is 6.48. The molecule has 3 rings (SSSR count). The summed E-state index contributed by atoms with van der Waals surface area (Å²) < 4.78 is 7.38. The number of hydrogen-bond donors (Lipinski definition) is 1. The van der Waals surface area contributed by atoms with Crippen molar-refractivity contribution in [2.24, 2.45) is 0 Å². The zero-order chi connectivity index (χ0) is 18.2. The van der Waals surface area contributed by atoms with Crippen molar-refractivity contribution < 1.29 is 9.53 Å². The molecule has 0 radical (unpaired) electrons. The molecule has 1 aliphatic rings. The van der Waals surface area contributed by atoms with Gasteiger partial charge in [0.25, 0.3) is 5.56 Å². The van der Waals surface area contributed by atoms with Crippen LogP contribution in [-0.4, -0.2) is 50.9 Å². The Balaban J connectivity index is 1.82. The first-order chi connectivity index (χ1) is 11.8. The Labute approximate surface area is 146 Å². The van der Waals surface area contributed by atoms with E-state index in [1.807, 2.05) is 27.7 Å². The summed E-state index contributed by atoms with van der Waals surface area (Å²) in [6, 6.07) is 1.91. The monoisotopic (exact) mass is 344 g/mol. The van der Waals surface area contributed by atoms with Crippen LogP contribution in [0.2, 0.25) is 0 Å². The summed E-state index contributed by atoms with van der Waals surface area (Å²) in [4.78, 5) is 29.3. The number of rotatable bonds is 3. The molecule has 0 spiro atoms. The molecule has 2 aromatic heterocycles. The van der Waals surface area contributed by atoms with Crippen LogP contribution in [0.1, 0.15) is 39.3 Å². The van der Waals surface area contributed by atoms with E-state index < -0.39 is 0 Å². The highest BCUT2D eigenvalue weighted by atomic mass is 16.5. The number of nitrogens with zero attached hydrogens (tertiary/aromatic N) is 3. The fraction of sp³-hybridized carbons (Fsp3) is 0.500. The number of fused-ring (bicyclic) bond motifs is 1. The van der Waals surface area contributed by atoms with Crippen molar-refractivity contribution >= 4 is 23.0 Å². The predicted octanol–water partition coefficient (Wildman–Crippen LogP) is 1.96. The molecule has 0 bridgehead atoms. The molecular formula is C18H24N4O3. The standard InChI is InChI=1S/C18H24N4O3/c1-12(2)22-16-14(10-19-22)9-13(17(24)20-16)5-6-15(23)21-7-8-25-18(3,4)11-21/h5-6,9-10,12H,7-8,11H2,1-4H3,(H,20,24)/b6-5+. The number of ether oxygens (including phenoxy) is 1. The molecule has 1 amide bonds. The lowest BCUT2D eigenvalue weighted by molar-refractivity contribution is -0.140. The Hall–Kier alpha value is -2.41. The second-order valence-electron chi connectivity index (χ2n) is 7.24. The Morgan fingerprint density at radius 1 is 1.44 bits per heavy atom. The largest absolute Gasteiger partial charge is 0.372 e. The molecule has 1 saturated heterocycles. The lowest BCUT2D eigenvalue weighted by atomic mass is 10.1. The molecule has 0 aliphatic carbocycles. The Kier molecular flexibility index (Phi) is 4.51. The maximum atomic E-state index is 12.4. The van der Waals surface area contributed by atoms with Gasteiger partial charge in [0.1, 0.15) is 5.65 Å². The molecule has 1 fully saturated rings. The molecule has 7 nitrogen and oxygen atoms in total. The van der Waals surface area contributed by atoms with Crippen LogP contribution in [0, 0.1) is 0 Å². The van der Waals surface area contributed by atoms with Gasteiger partial charge in [0.15, 0.2) is 0 Å². The van der Waals surface area contributed by atoms with Gasteiger partial charge in [-0.15, -0.1) is 0 Å². The van der Waals surface area contributed by atoms with Crippen LogP contribution in [0.25, 0.3) is 17.1 Å². The minimum atomic E-state index is -0.344. The molecule has 25 heavy (non-hydrogen) atoms. The van der Waals surface area contributed by atoms with Crippen LogP contribution in [0.5, 0.6) is 0 Å². The summed E-state index contributed by atoms with van der Waals surface area (Å²) in [5, 5.41) is 5.14. The zero-order valence-electron chi connectivity index (χ0n) is 15.1. The third kappa shape index (κ3) is 3.66. The minimum Gasteiger partial charge on any atom is -0.372 e. The van der Waals surface area contributed by atoms with E-state index in [1.54, 1.807) is 27.9 Å². The highest BCUT2D eigenvalue weighted by Gasteiger charge is 2.28. The van der Waals surface area contributed by atoms with E-state index in [0.29, 0.717) is 30.9 Å². The first-order valence-electron chi connectivity index (χ1n) is 8.48. The normalized spacial score (nSPS) is 17.7. The number of pyridine rings is 1.